The summed E-state index contributed by atoms with van der Waals surface area (Å²) in [6.45, 7) is 2.54. The van der Waals surface area contributed by atoms with Crippen molar-refractivity contribution in [3.8, 4) is 5.88 Å². The van der Waals surface area contributed by atoms with Crippen molar-refractivity contribution in [3.63, 3.8) is 0 Å². The molecule has 4 heteroatoms. The second kappa shape index (κ2) is 3.28. The smallest absolute Gasteiger partial charge is 0.275 e. The van der Waals surface area contributed by atoms with Crippen molar-refractivity contribution in [2.75, 3.05) is 7.11 Å². The normalized spacial score (nSPS) is 11.5. The van der Waals surface area contributed by atoms with Crippen LogP contribution in [0.3, 0.4) is 0 Å². The maximum Gasteiger partial charge on any atom is 0.275 e. The number of alkyl halides is 2. The largest absolute Gasteiger partial charge is 0.481 e. The van der Waals surface area contributed by atoms with E-state index in [1.54, 1.807) is 6.92 Å². The first-order chi connectivity index (χ1) is 5.95. The van der Waals surface area contributed by atoms with E-state index < -0.39 is 5.92 Å². The van der Waals surface area contributed by atoms with Crippen LogP contribution in [0.4, 0.5) is 8.78 Å². The third-order valence-corrected chi connectivity index (χ3v) is 1.65. The van der Waals surface area contributed by atoms with Gasteiger partial charge in [0.15, 0.2) is 0 Å². The van der Waals surface area contributed by atoms with Crippen molar-refractivity contribution in [2.24, 2.45) is 0 Å². The molecule has 0 aliphatic rings. The summed E-state index contributed by atoms with van der Waals surface area (Å²) in [5, 5.41) is 0. The fraction of sp³-hybridized carbons (Fsp3) is 0.444. The van der Waals surface area contributed by atoms with Crippen LogP contribution in [0.5, 0.6) is 5.88 Å². The van der Waals surface area contributed by atoms with Gasteiger partial charge in [-0.25, -0.2) is 13.8 Å². The minimum atomic E-state index is -2.91. The number of halogens is 2. The Hall–Kier alpha value is -1.19. The summed E-state index contributed by atoms with van der Waals surface area (Å²) in [4.78, 5) is 3.76. The molecule has 72 valence electrons. The van der Waals surface area contributed by atoms with Gasteiger partial charge in [-0.15, -0.1) is 0 Å². The van der Waals surface area contributed by atoms with Gasteiger partial charge in [0, 0.05) is 13.1 Å². The fourth-order valence-corrected chi connectivity index (χ4v) is 1.03. The van der Waals surface area contributed by atoms with Crippen molar-refractivity contribution in [3.05, 3.63) is 23.4 Å². The predicted octanol–water partition coefficient (Wildman–Crippen LogP) is 2.51. The number of methoxy groups -OCH3 is 1. The van der Waals surface area contributed by atoms with Crippen molar-refractivity contribution in [1.82, 2.24) is 4.98 Å². The standard InChI is InChI=1S/C9H11F2NO/c1-6-4-7(9(2,10)11)8(13-3)12-5-6/h4-5H,1-3H3. The number of hydrogen-bond donors (Lipinski definition) is 0. The van der Waals surface area contributed by atoms with E-state index in [4.69, 9.17) is 4.74 Å². The number of pyridine rings is 1. The number of rotatable bonds is 2. The van der Waals surface area contributed by atoms with Crippen LogP contribution in [0, 0.1) is 6.92 Å². The van der Waals surface area contributed by atoms with Crippen LogP contribution in [-0.2, 0) is 5.92 Å². The van der Waals surface area contributed by atoms with Crippen LogP contribution in [0.1, 0.15) is 18.1 Å². The molecule has 0 unspecified atom stereocenters. The van der Waals surface area contributed by atoms with E-state index in [1.807, 2.05) is 0 Å². The van der Waals surface area contributed by atoms with Gasteiger partial charge in [-0.3, -0.25) is 0 Å². The Morgan fingerprint density at radius 1 is 1.46 bits per heavy atom. The molecule has 0 aliphatic carbocycles. The molecule has 1 rings (SSSR count). The maximum atomic E-state index is 13.0. The van der Waals surface area contributed by atoms with Crippen LogP contribution in [-0.4, -0.2) is 12.1 Å². The number of ether oxygens (including phenoxy) is 1. The average molecular weight is 187 g/mol. The van der Waals surface area contributed by atoms with Crippen LogP contribution in [0.2, 0.25) is 0 Å². The second-order valence-electron chi connectivity index (χ2n) is 2.96. The SMILES string of the molecule is COc1ncc(C)cc1C(C)(F)F. The predicted molar refractivity (Wildman–Crippen MR) is 45.1 cm³/mol. The summed E-state index contributed by atoms with van der Waals surface area (Å²) >= 11 is 0. The van der Waals surface area contributed by atoms with Crippen LogP contribution in [0.15, 0.2) is 12.3 Å². The van der Waals surface area contributed by atoms with E-state index in [0.29, 0.717) is 5.56 Å². The molecule has 2 nitrogen and oxygen atoms in total. The summed E-state index contributed by atoms with van der Waals surface area (Å²) in [6, 6.07) is 1.38. The van der Waals surface area contributed by atoms with Crippen molar-refractivity contribution in [1.29, 1.82) is 0 Å². The van der Waals surface area contributed by atoms with E-state index in [-0.39, 0.29) is 11.4 Å². The first-order valence-corrected chi connectivity index (χ1v) is 3.84. The Kier molecular flexibility index (Phi) is 2.50. The van der Waals surface area contributed by atoms with Gasteiger partial charge >= 0.3 is 0 Å². The molecule has 1 aromatic rings. The van der Waals surface area contributed by atoms with Gasteiger partial charge in [-0.05, 0) is 18.6 Å². The highest BCUT2D eigenvalue weighted by atomic mass is 19.3. The molecule has 0 N–H and O–H groups in total. The molecule has 13 heavy (non-hydrogen) atoms. The van der Waals surface area contributed by atoms with Crippen molar-refractivity contribution in [2.45, 2.75) is 19.8 Å². The molecule has 0 fully saturated rings. The summed E-state index contributed by atoms with van der Waals surface area (Å²) in [5.41, 5.74) is 0.521. The van der Waals surface area contributed by atoms with E-state index in [9.17, 15) is 8.78 Å². The molecular weight excluding hydrogens is 176 g/mol. The lowest BCUT2D eigenvalue weighted by atomic mass is 10.1. The van der Waals surface area contributed by atoms with Gasteiger partial charge in [-0.1, -0.05) is 0 Å². The average Bonchev–Trinajstić information content (AvgIpc) is 2.03. The minimum absolute atomic E-state index is 0.0156. The molecule has 0 atom stereocenters. The van der Waals surface area contributed by atoms with Gasteiger partial charge in [0.1, 0.15) is 0 Å². The molecule has 0 bridgehead atoms. The maximum absolute atomic E-state index is 13.0. The molecule has 1 heterocycles. The Balaban J connectivity index is 3.24. The molecule has 0 aromatic carbocycles. The summed E-state index contributed by atoms with van der Waals surface area (Å²) < 4.78 is 30.7. The Bertz CT molecular complexity index is 307. The zero-order chi connectivity index (χ0) is 10.1. The van der Waals surface area contributed by atoms with E-state index >= 15 is 0 Å². The van der Waals surface area contributed by atoms with Gasteiger partial charge in [0.2, 0.25) is 5.88 Å². The van der Waals surface area contributed by atoms with Crippen LogP contribution < -0.4 is 4.74 Å². The molecule has 0 saturated carbocycles. The van der Waals surface area contributed by atoms with Crippen LogP contribution in [0.25, 0.3) is 0 Å². The summed E-state index contributed by atoms with van der Waals surface area (Å²) in [5.74, 6) is -2.93. The van der Waals surface area contributed by atoms with Gasteiger partial charge in [0.05, 0.1) is 12.7 Å². The molecule has 0 saturated heterocycles. The number of nitrogens with zero attached hydrogens (tertiary/aromatic N) is 1. The van der Waals surface area contributed by atoms with Gasteiger partial charge < -0.3 is 4.74 Å². The van der Waals surface area contributed by atoms with Crippen molar-refractivity contribution >= 4 is 0 Å². The topological polar surface area (TPSA) is 22.1 Å². The number of aryl methyl sites for hydroxylation is 1. The lowest BCUT2D eigenvalue weighted by Crippen LogP contribution is -2.10. The molecular formula is C9H11F2NO. The molecule has 0 amide bonds. The monoisotopic (exact) mass is 187 g/mol. The number of hydrogen-bond acceptors (Lipinski definition) is 2. The second-order valence-corrected chi connectivity index (χ2v) is 2.96. The molecule has 0 radical (unpaired) electrons. The highest BCUT2D eigenvalue weighted by Gasteiger charge is 2.29. The number of aromatic nitrogens is 1. The quantitative estimate of drug-likeness (QED) is 0.709. The molecule has 0 aliphatic heterocycles. The van der Waals surface area contributed by atoms with E-state index in [2.05, 4.69) is 4.98 Å². The summed E-state index contributed by atoms with van der Waals surface area (Å²) in [6.07, 6.45) is 1.49. The van der Waals surface area contributed by atoms with Crippen molar-refractivity contribution < 1.29 is 13.5 Å². The third kappa shape index (κ3) is 2.14. The van der Waals surface area contributed by atoms with E-state index in [0.717, 1.165) is 6.92 Å². The first-order valence-electron chi connectivity index (χ1n) is 3.84. The lowest BCUT2D eigenvalue weighted by molar-refractivity contribution is 0.0144. The van der Waals surface area contributed by atoms with Crippen LogP contribution >= 0.6 is 0 Å². The van der Waals surface area contributed by atoms with Gasteiger partial charge in [0.25, 0.3) is 5.92 Å². The zero-order valence-corrected chi connectivity index (χ0v) is 7.77. The highest BCUT2D eigenvalue weighted by Crippen LogP contribution is 2.33. The third-order valence-electron chi connectivity index (χ3n) is 1.65. The lowest BCUT2D eigenvalue weighted by Gasteiger charge is -2.13. The van der Waals surface area contributed by atoms with Gasteiger partial charge in [-0.2, -0.15) is 0 Å². The first kappa shape index (κ1) is 9.89. The Morgan fingerprint density at radius 3 is 2.54 bits per heavy atom. The Morgan fingerprint density at radius 2 is 2.08 bits per heavy atom. The fourth-order valence-electron chi connectivity index (χ4n) is 1.03. The summed E-state index contributed by atoms with van der Waals surface area (Å²) in [7, 11) is 1.33. The van der Waals surface area contributed by atoms with E-state index in [1.165, 1.54) is 19.4 Å². The highest BCUT2D eigenvalue weighted by molar-refractivity contribution is 5.32. The molecule has 1 aromatic heterocycles. The minimum Gasteiger partial charge on any atom is -0.481 e. The Labute approximate surface area is 75.6 Å². The molecule has 0 spiro atoms. The zero-order valence-electron chi connectivity index (χ0n) is 7.77.